The van der Waals surface area contributed by atoms with Crippen LogP contribution in [-0.4, -0.2) is 18.7 Å². The zero-order chi connectivity index (χ0) is 19.8. The third-order valence-corrected chi connectivity index (χ3v) is 6.68. The van der Waals surface area contributed by atoms with Gasteiger partial charge < -0.3 is 9.47 Å². The van der Waals surface area contributed by atoms with Crippen molar-refractivity contribution in [1.29, 1.82) is 0 Å². The summed E-state index contributed by atoms with van der Waals surface area (Å²) in [5.41, 5.74) is 1.30. The van der Waals surface area contributed by atoms with Gasteiger partial charge in [-0.05, 0) is 80.9 Å². The van der Waals surface area contributed by atoms with Crippen LogP contribution in [0.1, 0.15) is 83.6 Å². The average Bonchev–Trinajstić information content (AvgIpc) is 2.72. The minimum atomic E-state index is -0.0281. The molecule has 0 aromatic heterocycles. The largest absolute Gasteiger partial charge is 0.426 e. The molecule has 3 heteroatoms. The predicted octanol–water partition coefficient (Wildman–Crippen LogP) is 6.34. The van der Waals surface area contributed by atoms with Crippen LogP contribution in [0.15, 0.2) is 24.3 Å². The van der Waals surface area contributed by atoms with Gasteiger partial charge in [-0.2, -0.15) is 0 Å². The van der Waals surface area contributed by atoms with Crippen LogP contribution >= 0.6 is 0 Å². The fourth-order valence-corrected chi connectivity index (χ4v) is 5.03. The maximum absolute atomic E-state index is 12.7. The second-order valence-corrected chi connectivity index (χ2v) is 8.86. The van der Waals surface area contributed by atoms with E-state index in [2.05, 4.69) is 26.0 Å². The van der Waals surface area contributed by atoms with E-state index < -0.39 is 0 Å². The zero-order valence-corrected chi connectivity index (χ0v) is 17.8. The number of aryl methyl sites for hydroxylation is 1. The standard InChI is InChI=1S/C25H38O3/c1-3-5-6-16-27-24-15-12-20-17-22(11-10-21(20)18-24)25(26)28-23-13-8-19(7-4-2)9-14-23/h8-9,13-14,20-22,24H,3-7,10-12,15-18H2,1-2H3. The van der Waals surface area contributed by atoms with E-state index >= 15 is 0 Å². The van der Waals surface area contributed by atoms with Crippen molar-refractivity contribution in [3.05, 3.63) is 29.8 Å². The lowest BCUT2D eigenvalue weighted by Gasteiger charge is -2.41. The monoisotopic (exact) mass is 386 g/mol. The summed E-state index contributed by atoms with van der Waals surface area (Å²) in [6.07, 6.45) is 13.0. The summed E-state index contributed by atoms with van der Waals surface area (Å²) >= 11 is 0. The van der Waals surface area contributed by atoms with Crippen molar-refractivity contribution < 1.29 is 14.3 Å². The maximum Gasteiger partial charge on any atom is 0.314 e. The molecule has 0 aliphatic heterocycles. The summed E-state index contributed by atoms with van der Waals surface area (Å²) in [4.78, 5) is 12.7. The highest BCUT2D eigenvalue weighted by molar-refractivity contribution is 5.75. The zero-order valence-electron chi connectivity index (χ0n) is 17.8. The van der Waals surface area contributed by atoms with E-state index in [1.807, 2.05) is 12.1 Å². The van der Waals surface area contributed by atoms with Crippen molar-refractivity contribution in [3.8, 4) is 5.75 Å². The maximum atomic E-state index is 12.7. The number of carbonyl (C=O) groups is 1. The third kappa shape index (κ3) is 6.07. The molecule has 0 bridgehead atoms. The number of hydrogen-bond donors (Lipinski definition) is 0. The first-order valence-electron chi connectivity index (χ1n) is 11.6. The highest BCUT2D eigenvalue weighted by Crippen LogP contribution is 2.43. The van der Waals surface area contributed by atoms with E-state index in [9.17, 15) is 4.79 Å². The van der Waals surface area contributed by atoms with E-state index in [4.69, 9.17) is 9.47 Å². The van der Waals surface area contributed by atoms with Gasteiger partial charge in [0.05, 0.1) is 12.0 Å². The summed E-state index contributed by atoms with van der Waals surface area (Å²) in [7, 11) is 0. The van der Waals surface area contributed by atoms with E-state index in [-0.39, 0.29) is 11.9 Å². The first-order chi connectivity index (χ1) is 13.7. The number of unbranched alkanes of at least 4 members (excludes halogenated alkanes) is 2. The molecule has 3 rings (SSSR count). The molecule has 0 spiro atoms. The van der Waals surface area contributed by atoms with Crippen LogP contribution in [0.5, 0.6) is 5.75 Å². The first kappa shape index (κ1) is 21.4. The van der Waals surface area contributed by atoms with Crippen molar-refractivity contribution in [1.82, 2.24) is 0 Å². The molecule has 0 heterocycles. The Labute approximate surface area is 171 Å². The highest BCUT2D eigenvalue weighted by Gasteiger charge is 2.38. The molecule has 2 aliphatic rings. The van der Waals surface area contributed by atoms with Gasteiger partial charge in [0.2, 0.25) is 0 Å². The summed E-state index contributed by atoms with van der Waals surface area (Å²) < 4.78 is 11.8. The lowest BCUT2D eigenvalue weighted by Crippen LogP contribution is -2.37. The first-order valence-corrected chi connectivity index (χ1v) is 11.6. The van der Waals surface area contributed by atoms with Gasteiger partial charge in [0, 0.05) is 6.61 Å². The fraction of sp³-hybridized carbons (Fsp3) is 0.720. The van der Waals surface area contributed by atoms with Gasteiger partial charge in [0.15, 0.2) is 0 Å². The predicted molar refractivity (Wildman–Crippen MR) is 114 cm³/mol. The molecule has 4 atom stereocenters. The molecule has 0 radical (unpaired) electrons. The Morgan fingerprint density at radius 2 is 1.68 bits per heavy atom. The highest BCUT2D eigenvalue weighted by atomic mass is 16.5. The topological polar surface area (TPSA) is 35.5 Å². The lowest BCUT2D eigenvalue weighted by molar-refractivity contribution is -0.141. The molecule has 156 valence electrons. The molecule has 2 aliphatic carbocycles. The molecule has 1 aromatic rings. The molecular formula is C25H38O3. The summed E-state index contributed by atoms with van der Waals surface area (Å²) in [6, 6.07) is 8.03. The molecule has 2 fully saturated rings. The third-order valence-electron chi connectivity index (χ3n) is 6.68. The van der Waals surface area contributed by atoms with Crippen LogP contribution in [0, 0.1) is 17.8 Å². The molecule has 3 nitrogen and oxygen atoms in total. The van der Waals surface area contributed by atoms with Crippen molar-refractivity contribution in [3.63, 3.8) is 0 Å². The molecule has 1 aromatic carbocycles. The van der Waals surface area contributed by atoms with Gasteiger partial charge in [-0.1, -0.05) is 45.2 Å². The summed E-state index contributed by atoms with van der Waals surface area (Å²) in [6.45, 7) is 5.33. The molecule has 4 unspecified atom stereocenters. The normalized spacial score (nSPS) is 27.2. The van der Waals surface area contributed by atoms with Crippen LogP contribution in [0.3, 0.4) is 0 Å². The van der Waals surface area contributed by atoms with E-state index in [1.165, 1.54) is 37.7 Å². The Morgan fingerprint density at radius 1 is 0.929 bits per heavy atom. The van der Waals surface area contributed by atoms with Gasteiger partial charge in [-0.3, -0.25) is 4.79 Å². The van der Waals surface area contributed by atoms with Crippen molar-refractivity contribution in [2.75, 3.05) is 6.61 Å². The van der Waals surface area contributed by atoms with Crippen molar-refractivity contribution in [2.45, 2.75) is 90.6 Å². The number of carbonyl (C=O) groups excluding carboxylic acids is 1. The number of rotatable bonds is 9. The molecule has 28 heavy (non-hydrogen) atoms. The fourth-order valence-electron chi connectivity index (χ4n) is 5.03. The number of benzene rings is 1. The molecule has 0 N–H and O–H groups in total. The van der Waals surface area contributed by atoms with Crippen LogP contribution in [0.2, 0.25) is 0 Å². The van der Waals surface area contributed by atoms with Crippen molar-refractivity contribution >= 4 is 5.97 Å². The van der Waals surface area contributed by atoms with Gasteiger partial charge in [-0.25, -0.2) is 0 Å². The van der Waals surface area contributed by atoms with Crippen LogP contribution in [-0.2, 0) is 16.0 Å². The average molecular weight is 387 g/mol. The van der Waals surface area contributed by atoms with Crippen LogP contribution in [0.25, 0.3) is 0 Å². The van der Waals surface area contributed by atoms with E-state index in [1.54, 1.807) is 0 Å². The Bertz CT molecular complexity index is 594. The number of fused-ring (bicyclic) bond motifs is 1. The molecular weight excluding hydrogens is 348 g/mol. The summed E-state index contributed by atoms with van der Waals surface area (Å²) in [5.74, 6) is 2.14. The van der Waals surface area contributed by atoms with Crippen LogP contribution in [0.4, 0.5) is 0 Å². The number of esters is 1. The molecule has 0 amide bonds. The SMILES string of the molecule is CCCCCOC1CCC2CC(C(=O)Oc3ccc(CCC)cc3)CCC2C1. The number of hydrogen-bond acceptors (Lipinski definition) is 3. The van der Waals surface area contributed by atoms with E-state index in [0.29, 0.717) is 17.8 Å². The minimum absolute atomic E-state index is 0.0281. The Morgan fingerprint density at radius 3 is 2.43 bits per heavy atom. The smallest absolute Gasteiger partial charge is 0.314 e. The summed E-state index contributed by atoms with van der Waals surface area (Å²) in [5, 5.41) is 0. The second kappa shape index (κ2) is 11.0. The van der Waals surface area contributed by atoms with Gasteiger partial charge >= 0.3 is 5.97 Å². The quantitative estimate of drug-likeness (QED) is 0.282. The van der Waals surface area contributed by atoms with Gasteiger partial charge in [0.25, 0.3) is 0 Å². The molecule has 0 saturated heterocycles. The van der Waals surface area contributed by atoms with Gasteiger partial charge in [0.1, 0.15) is 5.75 Å². The molecule has 2 saturated carbocycles. The van der Waals surface area contributed by atoms with Gasteiger partial charge in [-0.15, -0.1) is 0 Å². The Kier molecular flexibility index (Phi) is 8.39. The Balaban J connectivity index is 1.43. The minimum Gasteiger partial charge on any atom is -0.426 e. The Hall–Kier alpha value is -1.35. The van der Waals surface area contributed by atoms with Crippen LogP contribution < -0.4 is 4.74 Å². The second-order valence-electron chi connectivity index (χ2n) is 8.86. The lowest BCUT2D eigenvalue weighted by atomic mass is 9.67. The number of ether oxygens (including phenoxy) is 2. The van der Waals surface area contributed by atoms with Crippen molar-refractivity contribution in [2.24, 2.45) is 17.8 Å². The van der Waals surface area contributed by atoms with E-state index in [0.717, 1.165) is 51.0 Å².